The van der Waals surface area contributed by atoms with Crippen LogP contribution in [0.5, 0.6) is 5.75 Å². The Morgan fingerprint density at radius 3 is 2.06 bits per heavy atom. The first-order valence-corrected chi connectivity index (χ1v) is 4.94. The maximum Gasteiger partial charge on any atom is 0.320 e. The van der Waals surface area contributed by atoms with Crippen LogP contribution in [0, 0.1) is 0 Å². The second kappa shape index (κ2) is 8.12. The number of amides is 1. The predicted molar refractivity (Wildman–Crippen MR) is 62.1 cm³/mol. The van der Waals surface area contributed by atoms with Crippen LogP contribution in [-0.2, 0) is 9.59 Å². The molecule has 0 aliphatic rings. The number of carbonyl (C=O) groups excluding carboxylic acids is 1. The molecule has 1 aromatic rings. The molecule has 0 bridgehead atoms. The van der Waals surface area contributed by atoms with Crippen molar-refractivity contribution in [3.05, 3.63) is 30.3 Å². The molecule has 1 atom stereocenters. The molecular weight excluding hydrogens is 224 g/mol. The molecule has 0 fully saturated rings. The summed E-state index contributed by atoms with van der Waals surface area (Å²) in [5.41, 5.74) is 9.81. The van der Waals surface area contributed by atoms with Gasteiger partial charge in [-0.15, -0.1) is 0 Å². The van der Waals surface area contributed by atoms with Gasteiger partial charge in [0.15, 0.2) is 0 Å². The van der Waals surface area contributed by atoms with Crippen LogP contribution in [0.15, 0.2) is 30.3 Å². The number of carboxylic acid groups (broad SMARTS) is 1. The van der Waals surface area contributed by atoms with Gasteiger partial charge in [-0.3, -0.25) is 9.59 Å². The Balaban J connectivity index is 0.000000318. The predicted octanol–water partition coefficient (Wildman–Crippen LogP) is 0.0560. The lowest BCUT2D eigenvalue weighted by Crippen LogP contribution is -2.31. The SMILES string of the molecule is NC(=O)CC[C@H](N)C(=O)O.Oc1ccccc1. The van der Waals surface area contributed by atoms with Crippen molar-refractivity contribution in [1.82, 2.24) is 0 Å². The molecule has 0 heterocycles. The summed E-state index contributed by atoms with van der Waals surface area (Å²) in [7, 11) is 0. The monoisotopic (exact) mass is 240 g/mol. The Bertz CT molecular complexity index is 354. The molecule has 94 valence electrons. The van der Waals surface area contributed by atoms with Crippen LogP contribution in [0.3, 0.4) is 0 Å². The summed E-state index contributed by atoms with van der Waals surface area (Å²) in [5.74, 6) is -1.32. The zero-order valence-electron chi connectivity index (χ0n) is 9.24. The second-order valence-electron chi connectivity index (χ2n) is 3.29. The Kier molecular flexibility index (Phi) is 7.12. The minimum atomic E-state index is -1.11. The number of phenols is 1. The first-order valence-electron chi connectivity index (χ1n) is 4.94. The number of phenolic OH excluding ortho intramolecular Hbond substituents is 1. The molecule has 0 spiro atoms. The van der Waals surface area contributed by atoms with Crippen LogP contribution in [0.4, 0.5) is 0 Å². The number of benzene rings is 1. The first-order chi connectivity index (χ1) is 7.93. The van der Waals surface area contributed by atoms with Crippen LogP contribution < -0.4 is 11.5 Å². The lowest BCUT2D eigenvalue weighted by atomic mass is 10.2. The molecule has 1 aromatic carbocycles. The number of aromatic hydroxyl groups is 1. The van der Waals surface area contributed by atoms with Crippen molar-refractivity contribution in [3.63, 3.8) is 0 Å². The standard InChI is InChI=1S/C6H6O.C5H10N2O3/c7-6-4-2-1-3-5-6;6-3(5(9)10)1-2-4(7)8/h1-5,7H;3H,1-2,6H2,(H2,7,8)(H,9,10)/t;3-/m.0/s1. The second-order valence-corrected chi connectivity index (χ2v) is 3.29. The zero-order chi connectivity index (χ0) is 13.3. The van der Waals surface area contributed by atoms with Crippen molar-refractivity contribution in [3.8, 4) is 5.75 Å². The average Bonchev–Trinajstić information content (AvgIpc) is 2.27. The van der Waals surface area contributed by atoms with Crippen LogP contribution in [0.2, 0.25) is 0 Å². The summed E-state index contributed by atoms with van der Waals surface area (Å²) < 4.78 is 0. The molecule has 0 aliphatic heterocycles. The maximum absolute atomic E-state index is 10.1. The van der Waals surface area contributed by atoms with Gasteiger partial charge in [0.1, 0.15) is 11.8 Å². The van der Waals surface area contributed by atoms with Gasteiger partial charge in [-0.2, -0.15) is 0 Å². The average molecular weight is 240 g/mol. The molecule has 0 radical (unpaired) electrons. The summed E-state index contributed by atoms with van der Waals surface area (Å²) in [6.45, 7) is 0. The molecule has 6 N–H and O–H groups in total. The zero-order valence-corrected chi connectivity index (χ0v) is 9.24. The third kappa shape index (κ3) is 8.88. The summed E-state index contributed by atoms with van der Waals surface area (Å²) in [6.07, 6.45) is 0.123. The summed E-state index contributed by atoms with van der Waals surface area (Å²) >= 11 is 0. The van der Waals surface area contributed by atoms with E-state index < -0.39 is 17.9 Å². The van der Waals surface area contributed by atoms with E-state index in [2.05, 4.69) is 0 Å². The van der Waals surface area contributed by atoms with E-state index in [0.717, 1.165) is 0 Å². The van der Waals surface area contributed by atoms with Gasteiger partial charge < -0.3 is 21.7 Å². The van der Waals surface area contributed by atoms with E-state index in [-0.39, 0.29) is 12.8 Å². The van der Waals surface area contributed by atoms with Gasteiger partial charge in [-0.1, -0.05) is 18.2 Å². The Labute approximate surface area is 98.9 Å². The van der Waals surface area contributed by atoms with E-state index in [4.69, 9.17) is 21.7 Å². The van der Waals surface area contributed by atoms with Gasteiger partial charge in [0, 0.05) is 6.42 Å². The molecule has 0 aromatic heterocycles. The molecule has 1 amide bonds. The van der Waals surface area contributed by atoms with Crippen molar-refractivity contribution < 1.29 is 19.8 Å². The fraction of sp³-hybridized carbons (Fsp3) is 0.273. The highest BCUT2D eigenvalue weighted by Gasteiger charge is 2.11. The first kappa shape index (κ1) is 14.9. The maximum atomic E-state index is 10.1. The molecule has 17 heavy (non-hydrogen) atoms. The number of aliphatic carboxylic acids is 1. The third-order valence-corrected chi connectivity index (χ3v) is 1.78. The summed E-state index contributed by atoms with van der Waals surface area (Å²) in [4.78, 5) is 20.1. The van der Waals surface area contributed by atoms with Crippen LogP contribution in [0.1, 0.15) is 12.8 Å². The molecule has 0 saturated carbocycles. The van der Waals surface area contributed by atoms with E-state index in [1.807, 2.05) is 6.07 Å². The number of carbonyl (C=O) groups is 2. The van der Waals surface area contributed by atoms with Gasteiger partial charge in [0.25, 0.3) is 0 Å². The highest BCUT2D eigenvalue weighted by molar-refractivity contribution is 5.76. The van der Waals surface area contributed by atoms with Crippen molar-refractivity contribution in [2.45, 2.75) is 18.9 Å². The largest absolute Gasteiger partial charge is 0.508 e. The van der Waals surface area contributed by atoms with E-state index in [0.29, 0.717) is 5.75 Å². The van der Waals surface area contributed by atoms with E-state index >= 15 is 0 Å². The Hall–Kier alpha value is -2.08. The minimum Gasteiger partial charge on any atom is -0.508 e. The lowest BCUT2D eigenvalue weighted by Gasteiger charge is -2.01. The number of hydrogen-bond acceptors (Lipinski definition) is 4. The van der Waals surface area contributed by atoms with Crippen LogP contribution in [0.25, 0.3) is 0 Å². The van der Waals surface area contributed by atoms with Gasteiger partial charge in [-0.05, 0) is 18.6 Å². The van der Waals surface area contributed by atoms with Crippen molar-refractivity contribution in [2.24, 2.45) is 11.5 Å². The van der Waals surface area contributed by atoms with Crippen LogP contribution >= 0.6 is 0 Å². The molecule has 0 aliphatic carbocycles. The van der Waals surface area contributed by atoms with Crippen molar-refractivity contribution in [2.75, 3.05) is 0 Å². The van der Waals surface area contributed by atoms with E-state index in [1.54, 1.807) is 24.3 Å². The fourth-order valence-corrected chi connectivity index (χ4v) is 0.849. The number of carboxylic acids is 1. The fourth-order valence-electron chi connectivity index (χ4n) is 0.849. The quantitative estimate of drug-likeness (QED) is 0.591. The highest BCUT2D eigenvalue weighted by atomic mass is 16.4. The van der Waals surface area contributed by atoms with Crippen LogP contribution in [-0.4, -0.2) is 28.1 Å². The van der Waals surface area contributed by atoms with Gasteiger partial charge in [0.05, 0.1) is 0 Å². The number of nitrogens with two attached hydrogens (primary N) is 2. The summed E-state index contributed by atoms with van der Waals surface area (Å²) in [5, 5.41) is 16.8. The topological polar surface area (TPSA) is 127 Å². The van der Waals surface area contributed by atoms with Gasteiger partial charge in [0.2, 0.25) is 5.91 Å². The third-order valence-electron chi connectivity index (χ3n) is 1.78. The normalized spacial score (nSPS) is 10.9. The van der Waals surface area contributed by atoms with Gasteiger partial charge >= 0.3 is 5.97 Å². The minimum absolute atomic E-state index is 0.0213. The van der Waals surface area contributed by atoms with Crippen molar-refractivity contribution in [1.29, 1.82) is 0 Å². The number of para-hydroxylation sites is 1. The van der Waals surface area contributed by atoms with Gasteiger partial charge in [-0.25, -0.2) is 0 Å². The van der Waals surface area contributed by atoms with E-state index in [1.165, 1.54) is 0 Å². The molecule has 0 unspecified atom stereocenters. The molecule has 6 nitrogen and oxygen atoms in total. The van der Waals surface area contributed by atoms with E-state index in [9.17, 15) is 9.59 Å². The number of hydrogen-bond donors (Lipinski definition) is 4. The molecular formula is C11H16N2O4. The number of primary amides is 1. The smallest absolute Gasteiger partial charge is 0.320 e. The molecule has 0 saturated heterocycles. The lowest BCUT2D eigenvalue weighted by molar-refractivity contribution is -0.138. The number of rotatable bonds is 4. The Morgan fingerprint density at radius 2 is 1.76 bits per heavy atom. The Morgan fingerprint density at radius 1 is 1.24 bits per heavy atom. The highest BCUT2D eigenvalue weighted by Crippen LogP contribution is 2.02. The molecule has 1 rings (SSSR count). The summed E-state index contributed by atoms with van der Waals surface area (Å²) in [6, 6.07) is 7.73. The molecule has 6 heteroatoms. The van der Waals surface area contributed by atoms with Crippen molar-refractivity contribution >= 4 is 11.9 Å².